The number of nitrogens with one attached hydrogen (secondary N) is 1. The smallest absolute Gasteiger partial charge is 0.305 e. The number of anilines is 1. The summed E-state index contributed by atoms with van der Waals surface area (Å²) in [6.07, 6.45) is 12.1. The lowest BCUT2D eigenvalue weighted by molar-refractivity contribution is -0.438. The fraction of sp³-hybridized carbons (Fsp3) is 0.436. The first-order chi connectivity index (χ1) is 35.7. The van der Waals surface area contributed by atoms with Crippen LogP contribution in [0.1, 0.15) is 113 Å². The summed E-state index contributed by atoms with van der Waals surface area (Å²) in [5, 5.41) is 11.8. The summed E-state index contributed by atoms with van der Waals surface area (Å²) in [6, 6.07) is 15.7. The van der Waals surface area contributed by atoms with Gasteiger partial charge in [0.1, 0.15) is 18.1 Å². The Labute approximate surface area is 444 Å². The summed E-state index contributed by atoms with van der Waals surface area (Å²) in [5.41, 5.74) is 7.91. The van der Waals surface area contributed by atoms with Crippen molar-refractivity contribution in [2.75, 3.05) is 49.3 Å². The Morgan fingerprint density at radius 1 is 0.789 bits per heavy atom. The van der Waals surface area contributed by atoms with Crippen LogP contribution in [0.15, 0.2) is 118 Å². The largest absolute Gasteiger partial charge is 0.481 e. The molecule has 0 saturated heterocycles. The summed E-state index contributed by atoms with van der Waals surface area (Å²) >= 11 is 0. The number of benzene rings is 3. The van der Waals surface area contributed by atoms with Crippen LogP contribution in [0.5, 0.6) is 11.5 Å². The van der Waals surface area contributed by atoms with Gasteiger partial charge in [-0.15, -0.1) is 0 Å². The van der Waals surface area contributed by atoms with Gasteiger partial charge in [0.05, 0.1) is 41.5 Å². The maximum atomic E-state index is 13.6. The van der Waals surface area contributed by atoms with Crippen LogP contribution in [0.4, 0.5) is 11.4 Å². The lowest BCUT2D eigenvalue weighted by Gasteiger charge is -2.33. The van der Waals surface area contributed by atoms with E-state index in [1.165, 1.54) is 12.1 Å². The maximum Gasteiger partial charge on any atom is 0.305 e. The van der Waals surface area contributed by atoms with Crippen molar-refractivity contribution in [2.45, 2.75) is 108 Å². The summed E-state index contributed by atoms with van der Waals surface area (Å²) in [6.45, 7) is 11.3. The first kappa shape index (κ1) is 56.3. The Morgan fingerprint density at radius 2 is 1.50 bits per heavy atom. The number of unbranched alkanes of at least 4 members (excludes halogenated alkanes) is 2. The monoisotopic (exact) mass is 1100 g/mol. The number of aliphatic carboxylic acids is 1. The molecule has 3 heterocycles. The minimum atomic E-state index is -4.56. The van der Waals surface area contributed by atoms with Crippen molar-refractivity contribution in [3.8, 4) is 11.5 Å². The number of rotatable bonds is 21. The normalized spacial score (nSPS) is 19.8. The molecule has 0 saturated carbocycles. The van der Waals surface area contributed by atoms with Crippen LogP contribution in [0, 0.1) is 12.8 Å². The van der Waals surface area contributed by atoms with E-state index in [0.29, 0.717) is 67.3 Å². The molecule has 0 spiro atoms. The summed E-state index contributed by atoms with van der Waals surface area (Å²) < 4.78 is 122. The second-order valence-corrected chi connectivity index (χ2v) is 25.5. The fourth-order valence-corrected chi connectivity index (χ4v) is 12.5. The predicted octanol–water partition coefficient (Wildman–Crippen LogP) is 8.52. The van der Waals surface area contributed by atoms with Gasteiger partial charge in [-0.3, -0.25) is 23.2 Å². The summed E-state index contributed by atoms with van der Waals surface area (Å²) in [4.78, 5) is 26.2. The molecule has 76 heavy (non-hydrogen) atoms. The Hall–Kier alpha value is -5.94. The van der Waals surface area contributed by atoms with E-state index in [0.717, 1.165) is 57.8 Å². The molecule has 0 bridgehead atoms. The number of fused-ring (bicyclic) bond motifs is 3. The third kappa shape index (κ3) is 12.6. The average Bonchev–Trinajstić information content (AvgIpc) is 3.62. The van der Waals surface area contributed by atoms with Gasteiger partial charge in [-0.25, -0.2) is 0 Å². The molecule has 1 unspecified atom stereocenters. The highest BCUT2D eigenvalue weighted by Gasteiger charge is 2.45. The van der Waals surface area contributed by atoms with Gasteiger partial charge in [-0.1, -0.05) is 31.6 Å². The quantitative estimate of drug-likeness (QED) is 0.0380. The lowest BCUT2D eigenvalue weighted by Crippen LogP contribution is -2.28. The zero-order valence-electron chi connectivity index (χ0n) is 43.3. The molecule has 0 fully saturated rings. The lowest BCUT2D eigenvalue weighted by atomic mass is 9.74. The van der Waals surface area contributed by atoms with E-state index >= 15 is 0 Å². The first-order valence-electron chi connectivity index (χ1n) is 25.4. The van der Waals surface area contributed by atoms with Crippen LogP contribution in [-0.2, 0) is 50.7 Å². The zero-order chi connectivity index (χ0) is 55.0. The second-order valence-electron chi connectivity index (χ2n) is 20.9. The van der Waals surface area contributed by atoms with E-state index in [1.807, 2.05) is 37.8 Å². The van der Waals surface area contributed by atoms with Crippen LogP contribution < -0.4 is 19.7 Å². The number of ether oxygens (including phenoxy) is 3. The number of allylic oxidation sites excluding steroid dienone is 8. The third-order valence-corrected chi connectivity index (χ3v) is 17.2. The second kappa shape index (κ2) is 22.2. The van der Waals surface area contributed by atoms with Crippen molar-refractivity contribution in [1.29, 1.82) is 0 Å². The molecule has 8 rings (SSSR count). The Bertz CT molecular complexity index is 3380. The molecule has 1 atom stereocenters. The van der Waals surface area contributed by atoms with Gasteiger partial charge in [0.25, 0.3) is 36.3 Å². The van der Waals surface area contributed by atoms with Crippen molar-refractivity contribution in [1.82, 2.24) is 5.32 Å². The Kier molecular flexibility index (Phi) is 16.4. The van der Waals surface area contributed by atoms with Crippen LogP contribution in [0.2, 0.25) is 0 Å². The number of amides is 1. The average molecular weight is 1110 g/mol. The molecule has 0 radical (unpaired) electrons. The predicted molar refractivity (Wildman–Crippen MR) is 286 cm³/mol. The molecule has 3 aromatic rings. The van der Waals surface area contributed by atoms with Crippen LogP contribution in [0.25, 0.3) is 0 Å². The fourth-order valence-electron chi connectivity index (χ4n) is 10.9. The molecular formula is C55H66N3O15S3+. The number of hydrogen-bond donors (Lipinski definition) is 5. The summed E-state index contributed by atoms with van der Waals surface area (Å²) in [7, 11) is -12.9. The van der Waals surface area contributed by atoms with Gasteiger partial charge in [0, 0.05) is 65.2 Å². The van der Waals surface area contributed by atoms with Gasteiger partial charge >= 0.3 is 5.97 Å². The van der Waals surface area contributed by atoms with E-state index < -0.39 is 58.8 Å². The minimum Gasteiger partial charge on any atom is -0.481 e. The molecular weight excluding hydrogens is 1040 g/mol. The molecule has 0 aromatic heterocycles. The molecule has 3 aliphatic heterocycles. The first-order valence-corrected chi connectivity index (χ1v) is 30.1. The van der Waals surface area contributed by atoms with Crippen LogP contribution in [0.3, 0.4) is 0 Å². The van der Waals surface area contributed by atoms with E-state index in [1.54, 1.807) is 24.3 Å². The molecule has 21 heteroatoms. The van der Waals surface area contributed by atoms with Crippen molar-refractivity contribution in [3.63, 3.8) is 0 Å². The highest BCUT2D eigenvalue weighted by Crippen LogP contribution is 2.52. The van der Waals surface area contributed by atoms with Crippen molar-refractivity contribution in [2.24, 2.45) is 5.92 Å². The number of carboxylic acids is 1. The zero-order valence-corrected chi connectivity index (χ0v) is 45.7. The van der Waals surface area contributed by atoms with Crippen LogP contribution >= 0.6 is 0 Å². The van der Waals surface area contributed by atoms with Crippen molar-refractivity contribution >= 4 is 59.3 Å². The molecule has 1 amide bonds. The Balaban J connectivity index is 1.23. The standard InChI is InChI=1S/C55H65N3O15S3/c1-35-10-19-43-41(32-35)54(2,3)47(57(43)26-6-8-30-74(62,63)64)22-16-37-13-11-36-12-14-38(52-50(36)51(37)72-45-21-15-39(33-46(45)73-52)53(61)56-25-29-71-28-24-49(59)60)17-23-48-55(4,5)42-34-40(76(68,69)70)18-20-44(42)58(48)27-7-9-31-75(65,66)67/h10,15-23,32-34,36H,6-9,11-14,24-31H2,1-5H3,(H4-,56,59,60,61,62,63,64,65,66,67,68,69,70)/p+1. The van der Waals surface area contributed by atoms with Gasteiger partial charge in [0.2, 0.25) is 5.69 Å². The van der Waals surface area contributed by atoms with Gasteiger partial charge in [-0.05, 0) is 143 Å². The molecule has 3 aromatic carbocycles. The molecule has 5 aliphatic rings. The molecule has 408 valence electrons. The number of hydrogen-bond acceptors (Lipinski definition) is 12. The molecule has 18 nitrogen and oxygen atoms in total. The number of carboxylic acid groups (broad SMARTS) is 1. The minimum absolute atomic E-state index is 0.00407. The number of carbonyl (C=O) groups excluding carboxylic acids is 1. The number of nitrogens with zero attached hydrogens (tertiary/aromatic N) is 2. The SMILES string of the molecule is Cc1ccc2c(c1)C(C)(C)C(/C=C/C1=C3Oc4ccc(C(=O)NCCOCCC(=O)O)cc4OC4=C3C(CC1)CC/C4=C\C=C1\N(CCCCS(=O)(=O)O)c3ccc(S(=O)(=O)O)cc3C1(C)C)=[N+]2CCCCS(=O)(=O)O. The topological polar surface area (TPSA) is 263 Å². The van der Waals surface area contributed by atoms with Gasteiger partial charge < -0.3 is 29.5 Å². The van der Waals surface area contributed by atoms with E-state index in [-0.39, 0.29) is 66.9 Å². The van der Waals surface area contributed by atoms with Crippen molar-refractivity contribution < 1.29 is 72.4 Å². The van der Waals surface area contributed by atoms with Crippen molar-refractivity contribution in [3.05, 3.63) is 135 Å². The molecule has 2 aliphatic carbocycles. The number of aryl methyl sites for hydroxylation is 1. The third-order valence-electron chi connectivity index (χ3n) is 14.8. The molecule has 5 N–H and O–H groups in total. The number of carbonyl (C=O) groups is 2. The highest BCUT2D eigenvalue weighted by atomic mass is 32.2. The van der Waals surface area contributed by atoms with Crippen LogP contribution in [-0.4, -0.2) is 111 Å². The van der Waals surface area contributed by atoms with E-state index in [2.05, 4.69) is 54.1 Å². The summed E-state index contributed by atoms with van der Waals surface area (Å²) in [5.74, 6) is -0.309. The van der Waals surface area contributed by atoms with E-state index in [4.69, 9.17) is 19.3 Å². The van der Waals surface area contributed by atoms with Gasteiger partial charge in [-0.2, -0.15) is 29.8 Å². The highest BCUT2D eigenvalue weighted by molar-refractivity contribution is 7.86. The maximum absolute atomic E-state index is 13.6. The van der Waals surface area contributed by atoms with Gasteiger partial charge in [0.15, 0.2) is 17.2 Å². The Morgan fingerprint density at radius 3 is 2.21 bits per heavy atom. The van der Waals surface area contributed by atoms with E-state index in [9.17, 15) is 48.5 Å².